The lowest BCUT2D eigenvalue weighted by Crippen LogP contribution is -2.54. The predicted molar refractivity (Wildman–Crippen MR) is 66.9 cm³/mol. The monoisotopic (exact) mass is 305 g/mol. The molecule has 1 aliphatic heterocycles. The van der Waals surface area contributed by atoms with Gasteiger partial charge in [0.2, 0.25) is 5.91 Å². The molecule has 1 aliphatic rings. The summed E-state index contributed by atoms with van der Waals surface area (Å²) in [5.41, 5.74) is -2.53. The maximum absolute atomic E-state index is 13.4. The van der Waals surface area contributed by atoms with Crippen molar-refractivity contribution in [3.05, 3.63) is 35.6 Å². The molecule has 0 spiro atoms. The Morgan fingerprint density at radius 2 is 1.81 bits per heavy atom. The molecule has 1 heterocycles. The molecule has 21 heavy (non-hydrogen) atoms. The number of alkyl halides is 3. The molecular weight excluding hydrogens is 290 g/mol. The second-order valence-corrected chi connectivity index (χ2v) is 5.18. The molecule has 0 atom stereocenters. The van der Waals surface area contributed by atoms with Crippen molar-refractivity contribution in [1.29, 1.82) is 0 Å². The second kappa shape index (κ2) is 5.63. The van der Waals surface area contributed by atoms with Crippen LogP contribution in [0.1, 0.15) is 18.4 Å². The van der Waals surface area contributed by atoms with Gasteiger partial charge in [0.25, 0.3) is 0 Å². The standard InChI is InChI=1S/C14H15F4NO2/c15-11-4-2-1-3-10(11)9-12(20)19-7-5-13(21,6-8-19)14(16,17)18/h1-4,21H,5-9H2. The first-order valence-corrected chi connectivity index (χ1v) is 6.53. The van der Waals surface area contributed by atoms with Gasteiger partial charge in [-0.2, -0.15) is 13.2 Å². The first-order valence-electron chi connectivity index (χ1n) is 6.53. The summed E-state index contributed by atoms with van der Waals surface area (Å²) in [5, 5.41) is 9.52. The average molecular weight is 305 g/mol. The van der Waals surface area contributed by atoms with Crippen LogP contribution < -0.4 is 0 Å². The smallest absolute Gasteiger partial charge is 0.380 e. The van der Waals surface area contributed by atoms with E-state index >= 15 is 0 Å². The zero-order valence-corrected chi connectivity index (χ0v) is 11.2. The molecule has 1 amide bonds. The molecule has 0 saturated carbocycles. The summed E-state index contributed by atoms with van der Waals surface area (Å²) >= 11 is 0. The quantitative estimate of drug-likeness (QED) is 0.852. The lowest BCUT2D eigenvalue weighted by Gasteiger charge is -2.39. The van der Waals surface area contributed by atoms with Crippen LogP contribution in [0.25, 0.3) is 0 Å². The summed E-state index contributed by atoms with van der Waals surface area (Å²) < 4.78 is 51.4. The molecule has 0 bridgehead atoms. The second-order valence-electron chi connectivity index (χ2n) is 5.18. The molecule has 0 radical (unpaired) electrons. The van der Waals surface area contributed by atoms with Gasteiger partial charge >= 0.3 is 6.18 Å². The molecule has 2 rings (SSSR count). The fraction of sp³-hybridized carbons (Fsp3) is 0.500. The van der Waals surface area contributed by atoms with E-state index < -0.39 is 36.3 Å². The Kier molecular flexibility index (Phi) is 4.22. The summed E-state index contributed by atoms with van der Waals surface area (Å²) in [6, 6.07) is 5.77. The fourth-order valence-corrected chi connectivity index (χ4v) is 2.33. The summed E-state index contributed by atoms with van der Waals surface area (Å²) in [5.74, 6) is -0.959. The van der Waals surface area contributed by atoms with Crippen LogP contribution in [0.5, 0.6) is 0 Å². The number of nitrogens with zero attached hydrogens (tertiary/aromatic N) is 1. The molecule has 0 aliphatic carbocycles. The van der Waals surface area contributed by atoms with E-state index in [1.54, 1.807) is 6.07 Å². The van der Waals surface area contributed by atoms with Crippen LogP contribution in [0, 0.1) is 5.82 Å². The SMILES string of the molecule is O=C(Cc1ccccc1F)N1CCC(O)(C(F)(F)F)CC1. The van der Waals surface area contributed by atoms with Gasteiger partial charge < -0.3 is 10.0 Å². The third-order valence-electron chi connectivity index (χ3n) is 3.77. The minimum absolute atomic E-state index is 0.191. The Morgan fingerprint density at radius 1 is 1.24 bits per heavy atom. The number of aliphatic hydroxyl groups is 1. The fourth-order valence-electron chi connectivity index (χ4n) is 2.33. The zero-order valence-electron chi connectivity index (χ0n) is 11.2. The van der Waals surface area contributed by atoms with Crippen molar-refractivity contribution in [2.24, 2.45) is 0 Å². The molecule has 1 aromatic rings. The van der Waals surface area contributed by atoms with E-state index in [9.17, 15) is 27.5 Å². The van der Waals surface area contributed by atoms with E-state index in [0.29, 0.717) is 0 Å². The molecule has 0 aromatic heterocycles. The Bertz CT molecular complexity index is 522. The molecule has 0 unspecified atom stereocenters. The Balaban J connectivity index is 1.97. The third-order valence-corrected chi connectivity index (χ3v) is 3.77. The van der Waals surface area contributed by atoms with E-state index in [1.165, 1.54) is 23.1 Å². The first-order chi connectivity index (χ1) is 9.73. The van der Waals surface area contributed by atoms with Crippen molar-refractivity contribution in [2.75, 3.05) is 13.1 Å². The normalized spacial score (nSPS) is 18.6. The van der Waals surface area contributed by atoms with Gasteiger partial charge in [-0.3, -0.25) is 4.79 Å². The molecule has 116 valence electrons. The molecule has 1 aromatic carbocycles. The van der Waals surface area contributed by atoms with Crippen LogP contribution in [-0.4, -0.2) is 40.8 Å². The van der Waals surface area contributed by atoms with Crippen LogP contribution in [0.3, 0.4) is 0 Å². The van der Waals surface area contributed by atoms with Crippen molar-refractivity contribution in [3.63, 3.8) is 0 Å². The molecule has 7 heteroatoms. The number of benzene rings is 1. The van der Waals surface area contributed by atoms with Gasteiger partial charge in [-0.25, -0.2) is 4.39 Å². The van der Waals surface area contributed by atoms with E-state index in [0.717, 1.165) is 0 Å². The number of rotatable bonds is 2. The number of piperidine rings is 1. The number of carbonyl (C=O) groups excluding carboxylic acids is 1. The van der Waals surface area contributed by atoms with Crippen molar-refractivity contribution >= 4 is 5.91 Å². The van der Waals surface area contributed by atoms with Gasteiger partial charge in [0, 0.05) is 25.9 Å². The molecule has 1 N–H and O–H groups in total. The van der Waals surface area contributed by atoms with Crippen LogP contribution in [0.15, 0.2) is 24.3 Å². The maximum atomic E-state index is 13.4. The van der Waals surface area contributed by atoms with E-state index in [4.69, 9.17) is 0 Å². The van der Waals surface area contributed by atoms with Crippen molar-refractivity contribution in [2.45, 2.75) is 31.0 Å². The molecular formula is C14H15F4NO2. The Labute approximate surface area is 119 Å². The Hall–Kier alpha value is -1.63. The van der Waals surface area contributed by atoms with Crippen LogP contribution >= 0.6 is 0 Å². The van der Waals surface area contributed by atoms with Gasteiger partial charge in [-0.1, -0.05) is 18.2 Å². The van der Waals surface area contributed by atoms with E-state index in [1.807, 2.05) is 0 Å². The van der Waals surface area contributed by atoms with E-state index in [-0.39, 0.29) is 25.1 Å². The van der Waals surface area contributed by atoms with Crippen molar-refractivity contribution < 1.29 is 27.5 Å². The molecule has 3 nitrogen and oxygen atoms in total. The van der Waals surface area contributed by atoms with E-state index in [2.05, 4.69) is 0 Å². The minimum Gasteiger partial charge on any atom is -0.380 e. The maximum Gasteiger partial charge on any atom is 0.417 e. The summed E-state index contributed by atoms with van der Waals surface area (Å²) in [4.78, 5) is 13.2. The number of carbonyl (C=O) groups is 1. The van der Waals surface area contributed by atoms with Crippen LogP contribution in [-0.2, 0) is 11.2 Å². The van der Waals surface area contributed by atoms with Crippen molar-refractivity contribution in [1.82, 2.24) is 4.90 Å². The highest BCUT2D eigenvalue weighted by Gasteiger charge is 2.54. The number of amides is 1. The lowest BCUT2D eigenvalue weighted by atomic mass is 9.90. The van der Waals surface area contributed by atoms with Gasteiger partial charge in [-0.15, -0.1) is 0 Å². The molecule has 1 fully saturated rings. The average Bonchev–Trinajstić information content (AvgIpc) is 2.41. The third kappa shape index (κ3) is 3.34. The number of halogens is 4. The first kappa shape index (κ1) is 15.8. The summed E-state index contributed by atoms with van der Waals surface area (Å²) in [7, 11) is 0. The molecule has 1 saturated heterocycles. The summed E-state index contributed by atoms with van der Waals surface area (Å²) in [6.45, 7) is -0.382. The lowest BCUT2D eigenvalue weighted by molar-refractivity contribution is -0.272. The highest BCUT2D eigenvalue weighted by molar-refractivity contribution is 5.79. The van der Waals surface area contributed by atoms with Crippen LogP contribution in [0.2, 0.25) is 0 Å². The number of likely N-dealkylation sites (tertiary alicyclic amines) is 1. The van der Waals surface area contributed by atoms with Gasteiger partial charge in [0.05, 0.1) is 6.42 Å². The highest BCUT2D eigenvalue weighted by Crippen LogP contribution is 2.38. The summed E-state index contributed by atoms with van der Waals surface area (Å²) in [6.07, 6.45) is -6.01. The zero-order chi connectivity index (χ0) is 15.7. The largest absolute Gasteiger partial charge is 0.417 e. The number of hydrogen-bond donors (Lipinski definition) is 1. The number of hydrogen-bond acceptors (Lipinski definition) is 2. The van der Waals surface area contributed by atoms with Crippen molar-refractivity contribution in [3.8, 4) is 0 Å². The van der Waals surface area contributed by atoms with Gasteiger partial charge in [-0.05, 0) is 11.6 Å². The van der Waals surface area contributed by atoms with Crippen LogP contribution in [0.4, 0.5) is 17.6 Å². The minimum atomic E-state index is -4.70. The topological polar surface area (TPSA) is 40.5 Å². The Morgan fingerprint density at radius 3 is 2.33 bits per heavy atom. The van der Waals surface area contributed by atoms with Gasteiger partial charge in [0.1, 0.15) is 5.82 Å². The van der Waals surface area contributed by atoms with Gasteiger partial charge in [0.15, 0.2) is 5.60 Å². The highest BCUT2D eigenvalue weighted by atomic mass is 19.4. The predicted octanol–water partition coefficient (Wildman–Crippen LogP) is 2.28.